The number of aryl methyl sites for hydroxylation is 1. The predicted octanol–water partition coefficient (Wildman–Crippen LogP) is 3.05. The van der Waals surface area contributed by atoms with Gasteiger partial charge in [0.2, 0.25) is 5.91 Å². The summed E-state index contributed by atoms with van der Waals surface area (Å²) in [6.45, 7) is 4.29. The van der Waals surface area contributed by atoms with Gasteiger partial charge in [0.05, 0.1) is 18.1 Å². The summed E-state index contributed by atoms with van der Waals surface area (Å²) in [5.74, 6) is 0.945. The minimum Gasteiger partial charge on any atom is -0.497 e. The fraction of sp³-hybridized carbons (Fsp3) is 0.435. The van der Waals surface area contributed by atoms with Gasteiger partial charge in [0, 0.05) is 38.1 Å². The number of methoxy groups -OCH3 is 1. The molecule has 1 aromatic heterocycles. The number of piperidine rings is 1. The molecule has 2 aliphatic rings. The second-order valence-corrected chi connectivity index (χ2v) is 8.08. The Hall–Kier alpha value is -2.89. The molecule has 0 saturated carbocycles. The van der Waals surface area contributed by atoms with Crippen LogP contribution in [0, 0.1) is 12.3 Å². The quantitative estimate of drug-likeness (QED) is 0.801. The van der Waals surface area contributed by atoms with Crippen LogP contribution in [0.3, 0.4) is 0 Å². The number of carbonyl (C=O) groups excluding carboxylic acids is 2. The molecule has 6 nitrogen and oxygen atoms in total. The van der Waals surface area contributed by atoms with Crippen molar-refractivity contribution in [3.05, 3.63) is 59.4 Å². The van der Waals surface area contributed by atoms with Crippen molar-refractivity contribution < 1.29 is 14.3 Å². The molecular weight excluding hydrogens is 366 g/mol. The summed E-state index contributed by atoms with van der Waals surface area (Å²) >= 11 is 0. The Morgan fingerprint density at radius 3 is 2.86 bits per heavy atom. The van der Waals surface area contributed by atoms with Gasteiger partial charge in [-0.1, -0.05) is 12.1 Å². The fourth-order valence-electron chi connectivity index (χ4n) is 4.60. The molecule has 1 atom stereocenters. The van der Waals surface area contributed by atoms with E-state index in [0.717, 1.165) is 42.8 Å². The monoisotopic (exact) mass is 393 g/mol. The van der Waals surface area contributed by atoms with Crippen LogP contribution in [-0.2, 0) is 11.3 Å². The van der Waals surface area contributed by atoms with Crippen LogP contribution in [0.15, 0.2) is 42.6 Å². The van der Waals surface area contributed by atoms with Gasteiger partial charge >= 0.3 is 0 Å². The predicted molar refractivity (Wildman–Crippen MR) is 110 cm³/mol. The van der Waals surface area contributed by atoms with Gasteiger partial charge in [-0.2, -0.15) is 0 Å². The van der Waals surface area contributed by atoms with Crippen LogP contribution in [0.2, 0.25) is 0 Å². The topological polar surface area (TPSA) is 62.7 Å². The number of benzene rings is 1. The van der Waals surface area contributed by atoms with Crippen molar-refractivity contribution in [1.29, 1.82) is 0 Å². The van der Waals surface area contributed by atoms with Gasteiger partial charge in [-0.15, -0.1) is 0 Å². The minimum atomic E-state index is -0.455. The minimum absolute atomic E-state index is 0.0230. The summed E-state index contributed by atoms with van der Waals surface area (Å²) in [4.78, 5) is 34.4. The van der Waals surface area contributed by atoms with E-state index in [1.807, 2.05) is 47.1 Å². The van der Waals surface area contributed by atoms with Gasteiger partial charge in [0.15, 0.2) is 0 Å². The second kappa shape index (κ2) is 7.85. The van der Waals surface area contributed by atoms with Crippen molar-refractivity contribution >= 4 is 11.8 Å². The van der Waals surface area contributed by atoms with Crippen LogP contribution in [0.4, 0.5) is 0 Å². The first-order valence-corrected chi connectivity index (χ1v) is 10.2. The molecule has 29 heavy (non-hydrogen) atoms. The molecule has 3 heterocycles. The van der Waals surface area contributed by atoms with Crippen molar-refractivity contribution in [3.8, 4) is 5.75 Å². The number of aromatic nitrogens is 1. The zero-order chi connectivity index (χ0) is 20.4. The van der Waals surface area contributed by atoms with E-state index in [1.165, 1.54) is 0 Å². The number of nitrogens with zero attached hydrogens (tertiary/aromatic N) is 3. The molecule has 0 bridgehead atoms. The normalized spacial score (nSPS) is 21.7. The molecule has 2 aliphatic heterocycles. The van der Waals surface area contributed by atoms with E-state index in [2.05, 4.69) is 4.98 Å². The average molecular weight is 393 g/mol. The molecule has 2 saturated heterocycles. The highest BCUT2D eigenvalue weighted by Crippen LogP contribution is 2.41. The first kappa shape index (κ1) is 19.4. The molecule has 4 rings (SSSR count). The van der Waals surface area contributed by atoms with E-state index >= 15 is 0 Å². The van der Waals surface area contributed by atoms with Gasteiger partial charge in [-0.25, -0.2) is 0 Å². The third-order valence-corrected chi connectivity index (χ3v) is 6.21. The largest absolute Gasteiger partial charge is 0.497 e. The lowest BCUT2D eigenvalue weighted by Crippen LogP contribution is -2.50. The number of rotatable bonds is 4. The van der Waals surface area contributed by atoms with Crippen LogP contribution in [-0.4, -0.2) is 53.3 Å². The Balaban J connectivity index is 1.49. The van der Waals surface area contributed by atoms with Crippen molar-refractivity contribution in [1.82, 2.24) is 14.8 Å². The van der Waals surface area contributed by atoms with Gasteiger partial charge in [-0.3, -0.25) is 14.6 Å². The SMILES string of the molecule is COc1cccc(CN2CCC[C@]3(CCN(C(=O)c4cccnc4C)C3)C2=O)c1. The molecular formula is C23H27N3O3. The van der Waals surface area contributed by atoms with Gasteiger partial charge in [0.25, 0.3) is 5.91 Å². The number of carbonyl (C=O) groups is 2. The summed E-state index contributed by atoms with van der Waals surface area (Å²) in [6, 6.07) is 11.5. The first-order valence-electron chi connectivity index (χ1n) is 10.2. The molecule has 2 aromatic rings. The number of likely N-dealkylation sites (tertiary alicyclic amines) is 2. The maximum Gasteiger partial charge on any atom is 0.255 e. The molecule has 0 aliphatic carbocycles. The summed E-state index contributed by atoms with van der Waals surface area (Å²) in [5, 5.41) is 0. The Kier molecular flexibility index (Phi) is 5.26. The third-order valence-electron chi connectivity index (χ3n) is 6.21. The lowest BCUT2D eigenvalue weighted by molar-refractivity contribution is -0.146. The standard InChI is InChI=1S/C23H27N3O3/c1-17-20(8-4-11-24-17)21(27)26-13-10-23(16-26)9-5-12-25(22(23)28)15-18-6-3-7-19(14-18)29-2/h3-4,6-8,11,14H,5,9-10,12-13,15-16H2,1-2H3/t23-/m1/s1. The first-order chi connectivity index (χ1) is 14.0. The van der Waals surface area contributed by atoms with Crippen LogP contribution in [0.1, 0.15) is 40.9 Å². The lowest BCUT2D eigenvalue weighted by Gasteiger charge is -2.39. The van der Waals surface area contributed by atoms with Crippen LogP contribution in [0.25, 0.3) is 0 Å². The molecule has 1 spiro atoms. The molecule has 1 aromatic carbocycles. The van der Waals surface area contributed by atoms with Crippen molar-refractivity contribution in [2.45, 2.75) is 32.7 Å². The average Bonchev–Trinajstić information content (AvgIpc) is 3.16. The Labute approximate surface area is 171 Å². The third kappa shape index (κ3) is 3.71. The molecule has 0 N–H and O–H groups in total. The highest BCUT2D eigenvalue weighted by atomic mass is 16.5. The highest BCUT2D eigenvalue weighted by Gasteiger charge is 2.49. The molecule has 0 unspecified atom stereocenters. The zero-order valence-corrected chi connectivity index (χ0v) is 17.1. The number of pyridine rings is 1. The smallest absolute Gasteiger partial charge is 0.255 e. The van der Waals surface area contributed by atoms with E-state index in [4.69, 9.17) is 4.74 Å². The van der Waals surface area contributed by atoms with E-state index in [0.29, 0.717) is 25.2 Å². The fourth-order valence-corrected chi connectivity index (χ4v) is 4.60. The van der Waals surface area contributed by atoms with Crippen molar-refractivity contribution in [2.75, 3.05) is 26.7 Å². The molecule has 0 radical (unpaired) electrons. The van der Waals surface area contributed by atoms with Crippen LogP contribution < -0.4 is 4.74 Å². The second-order valence-electron chi connectivity index (χ2n) is 8.08. The van der Waals surface area contributed by atoms with Crippen molar-refractivity contribution in [2.24, 2.45) is 5.41 Å². The van der Waals surface area contributed by atoms with Gasteiger partial charge in [-0.05, 0) is 56.0 Å². The van der Waals surface area contributed by atoms with Crippen LogP contribution >= 0.6 is 0 Å². The van der Waals surface area contributed by atoms with E-state index < -0.39 is 5.41 Å². The Morgan fingerprint density at radius 2 is 2.07 bits per heavy atom. The van der Waals surface area contributed by atoms with Crippen molar-refractivity contribution in [3.63, 3.8) is 0 Å². The van der Waals surface area contributed by atoms with Gasteiger partial charge < -0.3 is 14.5 Å². The number of amides is 2. The number of hydrogen-bond acceptors (Lipinski definition) is 4. The van der Waals surface area contributed by atoms with E-state index in [9.17, 15) is 9.59 Å². The number of ether oxygens (including phenoxy) is 1. The molecule has 6 heteroatoms. The molecule has 2 amide bonds. The van der Waals surface area contributed by atoms with Gasteiger partial charge in [0.1, 0.15) is 5.75 Å². The van der Waals surface area contributed by atoms with Crippen LogP contribution in [0.5, 0.6) is 5.75 Å². The maximum absolute atomic E-state index is 13.4. The molecule has 2 fully saturated rings. The summed E-state index contributed by atoms with van der Waals surface area (Å²) < 4.78 is 5.30. The Bertz CT molecular complexity index is 929. The van der Waals surface area contributed by atoms with E-state index in [-0.39, 0.29) is 11.8 Å². The lowest BCUT2D eigenvalue weighted by atomic mass is 9.78. The summed E-state index contributed by atoms with van der Waals surface area (Å²) in [7, 11) is 1.65. The maximum atomic E-state index is 13.4. The molecule has 152 valence electrons. The summed E-state index contributed by atoms with van der Waals surface area (Å²) in [6.07, 6.45) is 4.23. The number of hydrogen-bond donors (Lipinski definition) is 0. The Morgan fingerprint density at radius 1 is 1.21 bits per heavy atom. The van der Waals surface area contributed by atoms with E-state index in [1.54, 1.807) is 19.4 Å². The zero-order valence-electron chi connectivity index (χ0n) is 17.1. The highest BCUT2D eigenvalue weighted by molar-refractivity contribution is 5.96. The summed E-state index contributed by atoms with van der Waals surface area (Å²) in [5.41, 5.74) is 1.96.